The van der Waals surface area contributed by atoms with Crippen molar-refractivity contribution in [2.45, 2.75) is 20.4 Å². The van der Waals surface area contributed by atoms with Gasteiger partial charge in [-0.1, -0.05) is 61.8 Å². The maximum atomic E-state index is 12.3. The van der Waals surface area contributed by atoms with E-state index >= 15 is 0 Å². The summed E-state index contributed by atoms with van der Waals surface area (Å²) < 4.78 is 0. The smallest absolute Gasteiger partial charge is 0.252 e. The van der Waals surface area contributed by atoms with Crippen LogP contribution in [0.3, 0.4) is 0 Å². The molecule has 130 valence electrons. The van der Waals surface area contributed by atoms with E-state index in [-0.39, 0.29) is 11.3 Å². The van der Waals surface area contributed by atoms with Crippen LogP contribution < -0.4 is 10.6 Å². The Balaban J connectivity index is 1.55. The molecule has 5 heteroatoms. The van der Waals surface area contributed by atoms with E-state index in [1.807, 2.05) is 24.3 Å². The number of carbonyl (C=O) groups excluding carboxylic acids is 1. The summed E-state index contributed by atoms with van der Waals surface area (Å²) in [5, 5.41) is 6.86. The molecule has 0 bridgehead atoms. The second kappa shape index (κ2) is 7.28. The number of carbonyl (C=O) groups is 1. The first-order valence-electron chi connectivity index (χ1n) is 8.36. The summed E-state index contributed by atoms with van der Waals surface area (Å²) in [5.74, 6) is 0.781. The number of hydrogen-bond acceptors (Lipinski definition) is 3. The van der Waals surface area contributed by atoms with Crippen LogP contribution >= 0.6 is 11.6 Å². The number of amidine groups is 1. The topological polar surface area (TPSA) is 53.5 Å². The normalized spacial score (nSPS) is 13.2. The summed E-state index contributed by atoms with van der Waals surface area (Å²) in [5.41, 5.74) is 2.78. The lowest BCUT2D eigenvalue weighted by Crippen LogP contribution is -2.42. The van der Waals surface area contributed by atoms with Crippen molar-refractivity contribution in [3.63, 3.8) is 0 Å². The Morgan fingerprint density at radius 1 is 1.12 bits per heavy atom. The molecule has 0 atom stereocenters. The average Bonchev–Trinajstić information content (AvgIpc) is 3.02. The minimum Gasteiger partial charge on any atom is -0.369 e. The van der Waals surface area contributed by atoms with E-state index in [1.165, 1.54) is 11.1 Å². The van der Waals surface area contributed by atoms with Crippen molar-refractivity contribution < 1.29 is 4.79 Å². The van der Waals surface area contributed by atoms with Crippen LogP contribution in [0, 0.1) is 5.41 Å². The Morgan fingerprint density at radius 2 is 1.84 bits per heavy atom. The third-order valence-corrected chi connectivity index (χ3v) is 4.59. The molecule has 0 aromatic heterocycles. The van der Waals surface area contributed by atoms with Crippen molar-refractivity contribution in [2.24, 2.45) is 10.4 Å². The average molecular weight is 356 g/mol. The number of rotatable bonds is 5. The summed E-state index contributed by atoms with van der Waals surface area (Å²) in [7, 11) is 0. The number of aliphatic imine (C=N–C) groups is 1. The molecule has 0 aliphatic carbocycles. The Labute approximate surface area is 153 Å². The predicted molar refractivity (Wildman–Crippen MR) is 102 cm³/mol. The van der Waals surface area contributed by atoms with Gasteiger partial charge in [0.25, 0.3) is 5.91 Å². The van der Waals surface area contributed by atoms with E-state index < -0.39 is 0 Å². The minimum atomic E-state index is -0.151. The summed E-state index contributed by atoms with van der Waals surface area (Å²) in [6.07, 6.45) is 0. The van der Waals surface area contributed by atoms with Crippen molar-refractivity contribution in [3.8, 4) is 0 Å². The van der Waals surface area contributed by atoms with Crippen molar-refractivity contribution in [2.75, 3.05) is 13.1 Å². The lowest BCUT2D eigenvalue weighted by Gasteiger charge is -2.26. The molecule has 0 unspecified atom stereocenters. The van der Waals surface area contributed by atoms with Gasteiger partial charge >= 0.3 is 0 Å². The fourth-order valence-corrected chi connectivity index (χ4v) is 2.96. The van der Waals surface area contributed by atoms with Gasteiger partial charge < -0.3 is 10.6 Å². The first-order valence-corrected chi connectivity index (χ1v) is 8.73. The number of amides is 1. The van der Waals surface area contributed by atoms with E-state index in [1.54, 1.807) is 12.1 Å². The molecule has 0 fully saturated rings. The number of benzene rings is 2. The molecule has 2 N–H and O–H groups in total. The van der Waals surface area contributed by atoms with E-state index in [0.717, 1.165) is 12.4 Å². The molecule has 1 amide bonds. The first-order chi connectivity index (χ1) is 12.0. The highest BCUT2D eigenvalue weighted by Crippen LogP contribution is 2.19. The summed E-state index contributed by atoms with van der Waals surface area (Å²) in [4.78, 5) is 16.9. The lowest BCUT2D eigenvalue weighted by atomic mass is 9.93. The number of hydrogen-bond donors (Lipinski definition) is 2. The van der Waals surface area contributed by atoms with Crippen LogP contribution in [0.25, 0.3) is 0 Å². The Morgan fingerprint density at radius 3 is 2.64 bits per heavy atom. The van der Waals surface area contributed by atoms with Crippen LogP contribution in [-0.2, 0) is 6.54 Å². The molecular formula is C20H22ClN3O. The Kier molecular flexibility index (Phi) is 5.09. The van der Waals surface area contributed by atoms with Crippen molar-refractivity contribution in [1.29, 1.82) is 0 Å². The van der Waals surface area contributed by atoms with E-state index in [9.17, 15) is 4.79 Å². The fraction of sp³-hybridized carbons (Fsp3) is 0.300. The van der Waals surface area contributed by atoms with Gasteiger partial charge in [0, 0.05) is 18.7 Å². The van der Waals surface area contributed by atoms with Crippen LogP contribution in [0.2, 0.25) is 5.02 Å². The molecule has 2 aromatic rings. The summed E-state index contributed by atoms with van der Waals surface area (Å²) >= 11 is 6.08. The van der Waals surface area contributed by atoms with Crippen LogP contribution in [-0.4, -0.2) is 24.8 Å². The molecule has 25 heavy (non-hydrogen) atoms. The second-order valence-corrected chi connectivity index (χ2v) is 7.41. The van der Waals surface area contributed by atoms with Gasteiger partial charge in [0.1, 0.15) is 5.84 Å². The van der Waals surface area contributed by atoms with Gasteiger partial charge in [-0.15, -0.1) is 0 Å². The molecule has 1 aliphatic rings. The van der Waals surface area contributed by atoms with Crippen molar-refractivity contribution in [3.05, 3.63) is 70.2 Å². The molecule has 0 radical (unpaired) electrons. The van der Waals surface area contributed by atoms with Crippen LogP contribution in [0.15, 0.2) is 53.5 Å². The van der Waals surface area contributed by atoms with Gasteiger partial charge in [-0.25, -0.2) is 0 Å². The van der Waals surface area contributed by atoms with Crippen LogP contribution in [0.1, 0.15) is 35.3 Å². The number of fused-ring (bicyclic) bond motifs is 1. The zero-order valence-electron chi connectivity index (χ0n) is 14.5. The summed E-state index contributed by atoms with van der Waals surface area (Å²) in [6.45, 7) is 6.19. The zero-order chi connectivity index (χ0) is 17.9. The van der Waals surface area contributed by atoms with E-state index in [2.05, 4.69) is 41.6 Å². The highest BCUT2D eigenvalue weighted by molar-refractivity contribution is 6.33. The van der Waals surface area contributed by atoms with Gasteiger partial charge in [0.05, 0.1) is 17.1 Å². The maximum Gasteiger partial charge on any atom is 0.252 e. The molecule has 0 saturated heterocycles. The van der Waals surface area contributed by atoms with Gasteiger partial charge in [0.2, 0.25) is 0 Å². The lowest BCUT2D eigenvalue weighted by molar-refractivity contribution is 0.0937. The molecule has 4 nitrogen and oxygen atoms in total. The van der Waals surface area contributed by atoms with Crippen LogP contribution in [0.4, 0.5) is 0 Å². The highest BCUT2D eigenvalue weighted by Gasteiger charge is 2.22. The number of nitrogens with one attached hydrogen (secondary N) is 2. The number of nitrogens with zero attached hydrogens (tertiary/aromatic N) is 1. The standard InChI is InChI=1S/C20H22ClN3O/c1-20(2,13-24-19(25)16-9-5-6-10-17(16)21)12-23-18-15-8-4-3-7-14(15)11-22-18/h3-10H,11-13H2,1-2H3,(H,22,23)(H,24,25). The minimum absolute atomic E-state index is 0.128. The van der Waals surface area contributed by atoms with E-state index in [4.69, 9.17) is 11.6 Å². The third-order valence-electron chi connectivity index (χ3n) is 4.26. The fourth-order valence-electron chi connectivity index (χ4n) is 2.74. The highest BCUT2D eigenvalue weighted by atomic mass is 35.5. The van der Waals surface area contributed by atoms with Gasteiger partial charge in [-0.3, -0.25) is 9.79 Å². The first kappa shape index (κ1) is 17.5. The SMILES string of the molecule is CC(C)(CNC(=O)c1ccccc1Cl)CNC1=NCc2ccccc21. The van der Waals surface area contributed by atoms with Gasteiger partial charge in [-0.05, 0) is 23.1 Å². The zero-order valence-corrected chi connectivity index (χ0v) is 15.2. The molecule has 1 aliphatic heterocycles. The quantitative estimate of drug-likeness (QED) is 0.860. The van der Waals surface area contributed by atoms with E-state index in [0.29, 0.717) is 23.7 Å². The van der Waals surface area contributed by atoms with Gasteiger partial charge in [-0.2, -0.15) is 0 Å². The third kappa shape index (κ3) is 4.20. The molecular weight excluding hydrogens is 334 g/mol. The van der Waals surface area contributed by atoms with Crippen molar-refractivity contribution in [1.82, 2.24) is 10.6 Å². The van der Waals surface area contributed by atoms with Gasteiger partial charge in [0.15, 0.2) is 0 Å². The van der Waals surface area contributed by atoms with Crippen LogP contribution in [0.5, 0.6) is 0 Å². The largest absolute Gasteiger partial charge is 0.369 e. The molecule has 0 spiro atoms. The molecule has 3 rings (SSSR count). The predicted octanol–water partition coefficient (Wildman–Crippen LogP) is 3.65. The molecule has 0 saturated carbocycles. The molecule has 2 aromatic carbocycles. The van der Waals surface area contributed by atoms with Crippen molar-refractivity contribution >= 4 is 23.3 Å². The Hall–Kier alpha value is -2.33. The maximum absolute atomic E-state index is 12.3. The summed E-state index contributed by atoms with van der Waals surface area (Å²) in [6, 6.07) is 15.3. The second-order valence-electron chi connectivity index (χ2n) is 7.00. The Bertz CT molecular complexity index is 814. The monoisotopic (exact) mass is 355 g/mol. The number of halogens is 1. The molecule has 1 heterocycles.